The molecule has 1 fully saturated rings. The van der Waals surface area contributed by atoms with E-state index in [1.54, 1.807) is 0 Å². The zero-order valence-electron chi connectivity index (χ0n) is 16.5. The molecule has 1 saturated heterocycles. The van der Waals surface area contributed by atoms with Crippen molar-refractivity contribution in [2.75, 3.05) is 19.8 Å². The number of hydrogen-bond acceptors (Lipinski definition) is 5. The van der Waals surface area contributed by atoms with Gasteiger partial charge in [-0.15, -0.1) is 0 Å². The van der Waals surface area contributed by atoms with Crippen LogP contribution in [0.3, 0.4) is 0 Å². The van der Waals surface area contributed by atoms with Gasteiger partial charge < -0.3 is 24.8 Å². The zero-order chi connectivity index (χ0) is 19.0. The Morgan fingerprint density at radius 1 is 1.00 bits per heavy atom. The topological polar surface area (TPSA) is 79.2 Å². The maximum atomic E-state index is 9.86. The Morgan fingerprint density at radius 3 is 2.27 bits per heavy atom. The summed E-state index contributed by atoms with van der Waals surface area (Å²) in [5.74, 6) is 0. The normalized spacial score (nSPS) is 24.5. The van der Waals surface area contributed by atoms with Crippen LogP contribution in [0, 0.1) is 0 Å². The molecule has 0 radical (unpaired) electrons. The van der Waals surface area contributed by atoms with E-state index in [4.69, 9.17) is 14.6 Å². The van der Waals surface area contributed by atoms with Crippen molar-refractivity contribution >= 4 is 0 Å². The minimum atomic E-state index is -1.00. The fraction of sp³-hybridized carbons (Fsp3) is 0.905. The summed E-state index contributed by atoms with van der Waals surface area (Å²) in [6, 6.07) is 0. The minimum Gasteiger partial charge on any atom is -0.394 e. The molecular weight excluding hydrogens is 332 g/mol. The average Bonchev–Trinajstić information content (AvgIpc) is 3.02. The summed E-state index contributed by atoms with van der Waals surface area (Å²) in [6.07, 6.45) is 15.2. The van der Waals surface area contributed by atoms with Gasteiger partial charge in [0, 0.05) is 6.61 Å². The quantitative estimate of drug-likeness (QED) is 0.286. The largest absolute Gasteiger partial charge is 0.394 e. The number of unbranched alkanes of at least 4 members (excludes halogenated alkanes) is 9. The van der Waals surface area contributed by atoms with Crippen molar-refractivity contribution in [2.45, 2.75) is 102 Å². The zero-order valence-corrected chi connectivity index (χ0v) is 16.5. The second-order valence-corrected chi connectivity index (χ2v) is 7.33. The van der Waals surface area contributed by atoms with Crippen LogP contribution in [0.2, 0.25) is 0 Å². The summed E-state index contributed by atoms with van der Waals surface area (Å²) in [5, 5.41) is 28.6. The van der Waals surface area contributed by atoms with Crippen LogP contribution in [0.1, 0.15) is 77.6 Å². The van der Waals surface area contributed by atoms with Crippen LogP contribution in [-0.2, 0) is 9.47 Å². The SMILES string of the molecule is CCCCCC/C=C/CCCCCCCO[C@H]1[C@@H]([C@H](O)CO)OC[C@@H]1O. The molecule has 0 unspecified atom stereocenters. The van der Waals surface area contributed by atoms with Crippen LogP contribution >= 0.6 is 0 Å². The molecule has 0 spiro atoms. The molecule has 0 amide bonds. The van der Waals surface area contributed by atoms with E-state index in [1.165, 1.54) is 57.8 Å². The Hall–Kier alpha value is -0.460. The molecule has 0 aromatic carbocycles. The first-order valence-corrected chi connectivity index (χ1v) is 10.6. The van der Waals surface area contributed by atoms with Crippen molar-refractivity contribution in [3.63, 3.8) is 0 Å². The third kappa shape index (κ3) is 10.0. The third-order valence-electron chi connectivity index (χ3n) is 4.95. The highest BCUT2D eigenvalue weighted by Gasteiger charge is 2.40. The second-order valence-electron chi connectivity index (χ2n) is 7.33. The Bertz CT molecular complexity index is 347. The number of aliphatic hydroxyl groups excluding tert-OH is 3. The van der Waals surface area contributed by atoms with Crippen LogP contribution in [0.5, 0.6) is 0 Å². The lowest BCUT2D eigenvalue weighted by Gasteiger charge is -2.23. The Kier molecular flexibility index (Phi) is 14.1. The summed E-state index contributed by atoms with van der Waals surface area (Å²) in [7, 11) is 0. The molecule has 1 aliphatic rings. The van der Waals surface area contributed by atoms with Gasteiger partial charge in [-0.25, -0.2) is 0 Å². The van der Waals surface area contributed by atoms with Gasteiger partial charge in [-0.2, -0.15) is 0 Å². The highest BCUT2D eigenvalue weighted by Crippen LogP contribution is 2.21. The monoisotopic (exact) mass is 372 g/mol. The predicted molar refractivity (Wildman–Crippen MR) is 104 cm³/mol. The maximum absolute atomic E-state index is 9.86. The molecule has 154 valence electrons. The number of ether oxygens (including phenoxy) is 2. The van der Waals surface area contributed by atoms with Crippen LogP contribution in [-0.4, -0.2) is 59.6 Å². The summed E-state index contributed by atoms with van der Waals surface area (Å²) in [4.78, 5) is 0. The number of hydrogen-bond donors (Lipinski definition) is 3. The summed E-state index contributed by atoms with van der Waals surface area (Å²) in [5.41, 5.74) is 0. The van der Waals surface area contributed by atoms with Crippen molar-refractivity contribution in [3.05, 3.63) is 12.2 Å². The molecule has 0 saturated carbocycles. The van der Waals surface area contributed by atoms with Crippen LogP contribution in [0.4, 0.5) is 0 Å². The highest BCUT2D eigenvalue weighted by molar-refractivity contribution is 4.89. The standard InChI is InChI=1S/C21H40O5/c1-2-3-4-5-6-7-8-9-10-11-12-13-14-15-25-21-19(24)17-26-20(21)18(23)16-22/h7-8,18-24H,2-6,9-17H2,1H3/b8-7+/t18-,19+,20-,21-/m1/s1. The molecule has 5 heteroatoms. The van der Waals surface area contributed by atoms with E-state index in [1.807, 2.05) is 0 Å². The van der Waals surface area contributed by atoms with Crippen molar-refractivity contribution in [2.24, 2.45) is 0 Å². The van der Waals surface area contributed by atoms with Crippen LogP contribution in [0.25, 0.3) is 0 Å². The first-order valence-electron chi connectivity index (χ1n) is 10.6. The van der Waals surface area contributed by atoms with Crippen LogP contribution in [0.15, 0.2) is 12.2 Å². The van der Waals surface area contributed by atoms with E-state index < -0.39 is 24.4 Å². The molecule has 1 rings (SSSR count). The van der Waals surface area contributed by atoms with E-state index in [0.29, 0.717) is 6.61 Å². The van der Waals surface area contributed by atoms with E-state index in [0.717, 1.165) is 12.8 Å². The van der Waals surface area contributed by atoms with Gasteiger partial charge in [0.25, 0.3) is 0 Å². The van der Waals surface area contributed by atoms with Crippen molar-refractivity contribution in [3.8, 4) is 0 Å². The predicted octanol–water partition coefficient (Wildman–Crippen LogP) is 3.35. The molecule has 4 atom stereocenters. The van der Waals surface area contributed by atoms with Crippen molar-refractivity contribution < 1.29 is 24.8 Å². The molecule has 0 aliphatic carbocycles. The molecule has 0 aromatic rings. The second kappa shape index (κ2) is 15.6. The molecule has 0 aromatic heterocycles. The molecule has 26 heavy (non-hydrogen) atoms. The molecule has 1 heterocycles. The van der Waals surface area contributed by atoms with Crippen LogP contribution < -0.4 is 0 Å². The minimum absolute atomic E-state index is 0.151. The highest BCUT2D eigenvalue weighted by atomic mass is 16.6. The fourth-order valence-corrected chi connectivity index (χ4v) is 3.30. The van der Waals surface area contributed by atoms with Gasteiger partial charge in [0.15, 0.2) is 0 Å². The first kappa shape index (κ1) is 23.6. The molecule has 5 nitrogen and oxygen atoms in total. The van der Waals surface area contributed by atoms with Gasteiger partial charge in [0.1, 0.15) is 24.4 Å². The molecule has 1 aliphatic heterocycles. The number of aliphatic hydroxyl groups is 3. The third-order valence-corrected chi connectivity index (χ3v) is 4.95. The van der Waals surface area contributed by atoms with E-state index >= 15 is 0 Å². The Morgan fingerprint density at radius 2 is 1.62 bits per heavy atom. The lowest BCUT2D eigenvalue weighted by Crippen LogP contribution is -2.42. The fourth-order valence-electron chi connectivity index (χ4n) is 3.30. The summed E-state index contributed by atoms with van der Waals surface area (Å²) < 4.78 is 11.0. The number of rotatable bonds is 16. The Labute approximate surface area is 159 Å². The van der Waals surface area contributed by atoms with Gasteiger partial charge in [-0.1, -0.05) is 57.6 Å². The van der Waals surface area contributed by atoms with E-state index in [2.05, 4.69) is 19.1 Å². The van der Waals surface area contributed by atoms with Crippen molar-refractivity contribution in [1.82, 2.24) is 0 Å². The first-order chi connectivity index (χ1) is 12.7. The average molecular weight is 373 g/mol. The molecular formula is C21H40O5. The van der Waals surface area contributed by atoms with Crippen molar-refractivity contribution in [1.29, 1.82) is 0 Å². The van der Waals surface area contributed by atoms with Gasteiger partial charge in [0.2, 0.25) is 0 Å². The van der Waals surface area contributed by atoms with Gasteiger partial charge in [-0.05, 0) is 32.1 Å². The summed E-state index contributed by atoms with van der Waals surface area (Å²) in [6.45, 7) is 2.56. The number of allylic oxidation sites excluding steroid dienone is 2. The van der Waals surface area contributed by atoms with Gasteiger partial charge in [-0.3, -0.25) is 0 Å². The maximum Gasteiger partial charge on any atom is 0.114 e. The lowest BCUT2D eigenvalue weighted by molar-refractivity contribution is -0.0938. The molecule has 3 N–H and O–H groups in total. The van der Waals surface area contributed by atoms with E-state index in [9.17, 15) is 10.2 Å². The molecule has 0 bridgehead atoms. The Balaban J connectivity index is 1.93. The van der Waals surface area contributed by atoms with Gasteiger partial charge >= 0.3 is 0 Å². The summed E-state index contributed by atoms with van der Waals surface area (Å²) >= 11 is 0. The smallest absolute Gasteiger partial charge is 0.114 e. The van der Waals surface area contributed by atoms with E-state index in [-0.39, 0.29) is 13.2 Å². The van der Waals surface area contributed by atoms with Gasteiger partial charge in [0.05, 0.1) is 13.2 Å². The lowest BCUT2D eigenvalue weighted by atomic mass is 10.1.